The van der Waals surface area contributed by atoms with Gasteiger partial charge in [-0.15, -0.1) is 0 Å². The molecule has 0 saturated heterocycles. The molecule has 36 heavy (non-hydrogen) atoms. The van der Waals surface area contributed by atoms with Gasteiger partial charge in [-0.05, 0) is 71.2 Å². The van der Waals surface area contributed by atoms with E-state index in [1.54, 1.807) is 0 Å². The summed E-state index contributed by atoms with van der Waals surface area (Å²) in [6, 6.07) is 0. The first-order valence-corrected chi connectivity index (χ1v) is 15.5. The lowest BCUT2D eigenvalue weighted by molar-refractivity contribution is -0.137. The largest absolute Gasteiger partial charge is 0.330 e. The molecule has 214 valence electrons. The highest BCUT2D eigenvalue weighted by Gasteiger charge is 2.42. The average Bonchev–Trinajstić information content (AvgIpc) is 2.88. The molecule has 6 heteroatoms. The lowest BCUT2D eigenvalue weighted by Crippen LogP contribution is -2.59. The van der Waals surface area contributed by atoms with Crippen molar-refractivity contribution < 1.29 is 9.59 Å². The number of carbonyl (C=O) groups excluding carboxylic acids is 2. The van der Waals surface area contributed by atoms with Crippen LogP contribution in [0, 0.1) is 0 Å². The van der Waals surface area contributed by atoms with Gasteiger partial charge in [0.15, 0.2) is 11.6 Å². The van der Waals surface area contributed by atoms with E-state index in [-0.39, 0.29) is 11.6 Å². The fourth-order valence-electron chi connectivity index (χ4n) is 4.88. The molecule has 0 aromatic carbocycles. The number of nitrogens with two attached hydrogens (primary N) is 2. The Balaban J connectivity index is 4.84. The number of hydrogen-bond donors (Lipinski definition) is 4. The summed E-state index contributed by atoms with van der Waals surface area (Å²) in [5, 5.41) is 6.84. The van der Waals surface area contributed by atoms with Gasteiger partial charge >= 0.3 is 0 Å². The Hall–Kier alpha value is -0.820. The van der Waals surface area contributed by atoms with Crippen molar-refractivity contribution in [1.82, 2.24) is 10.6 Å². The quantitative estimate of drug-likeness (QED) is 0.0747. The molecular weight excluding hydrogens is 448 g/mol. The molecule has 0 radical (unpaired) electrons. The summed E-state index contributed by atoms with van der Waals surface area (Å²) in [6.45, 7) is 8.05. The summed E-state index contributed by atoms with van der Waals surface area (Å²) in [5.41, 5.74) is 10.4. The van der Waals surface area contributed by atoms with Crippen molar-refractivity contribution in [3.8, 4) is 0 Å². The Kier molecular flexibility index (Phi) is 25.2. The topological polar surface area (TPSA) is 110 Å². The van der Waals surface area contributed by atoms with Gasteiger partial charge in [0.1, 0.15) is 5.54 Å². The van der Waals surface area contributed by atoms with Crippen molar-refractivity contribution in [2.24, 2.45) is 11.5 Å². The molecule has 0 fully saturated rings. The summed E-state index contributed by atoms with van der Waals surface area (Å²) in [7, 11) is 0. The van der Waals surface area contributed by atoms with Crippen LogP contribution in [-0.4, -0.2) is 49.8 Å². The van der Waals surface area contributed by atoms with Crippen molar-refractivity contribution in [3.63, 3.8) is 0 Å². The van der Waals surface area contributed by atoms with Gasteiger partial charge in [-0.1, -0.05) is 90.9 Å². The highest BCUT2D eigenvalue weighted by molar-refractivity contribution is 6.11. The van der Waals surface area contributed by atoms with Crippen LogP contribution in [0.2, 0.25) is 0 Å². The molecule has 0 aromatic rings. The first kappa shape index (κ1) is 35.2. The van der Waals surface area contributed by atoms with E-state index in [1.807, 2.05) is 0 Å². The first-order chi connectivity index (χ1) is 17.6. The lowest BCUT2D eigenvalue weighted by atomic mass is 9.80. The Labute approximate surface area is 223 Å². The third-order valence-electron chi connectivity index (χ3n) is 7.25. The van der Waals surface area contributed by atoms with Gasteiger partial charge in [-0.2, -0.15) is 0 Å². The van der Waals surface area contributed by atoms with Crippen LogP contribution in [0.1, 0.15) is 142 Å². The standard InChI is InChI=1S/C30H62N4O2/c1-3-5-7-9-11-13-15-20-28(35)30(22-24-32,34-27-18-17-25-33-26-19-23-31)29(36)21-16-14-12-10-8-6-4-2/h33-34H,3-27,31-32H2,1-2H3. The van der Waals surface area contributed by atoms with E-state index in [1.165, 1.54) is 64.2 Å². The second kappa shape index (κ2) is 25.8. The summed E-state index contributed by atoms with van der Waals surface area (Å²) in [4.78, 5) is 27.0. The molecule has 6 nitrogen and oxygen atoms in total. The Bertz CT molecular complexity index is 483. The van der Waals surface area contributed by atoms with Gasteiger partial charge in [-0.3, -0.25) is 14.9 Å². The van der Waals surface area contributed by atoms with Crippen LogP contribution in [-0.2, 0) is 9.59 Å². The molecule has 0 rings (SSSR count). The van der Waals surface area contributed by atoms with E-state index >= 15 is 0 Å². The minimum atomic E-state index is -1.09. The van der Waals surface area contributed by atoms with Crippen LogP contribution >= 0.6 is 0 Å². The zero-order valence-electron chi connectivity index (χ0n) is 24.1. The monoisotopic (exact) mass is 510 g/mol. The maximum absolute atomic E-state index is 13.5. The van der Waals surface area contributed by atoms with Crippen LogP contribution in [0.25, 0.3) is 0 Å². The molecule has 6 N–H and O–H groups in total. The first-order valence-electron chi connectivity index (χ1n) is 15.5. The Morgan fingerprint density at radius 3 is 1.47 bits per heavy atom. The van der Waals surface area contributed by atoms with Crippen molar-refractivity contribution in [2.45, 2.75) is 148 Å². The summed E-state index contributed by atoms with van der Waals surface area (Å²) < 4.78 is 0. The number of hydrogen-bond acceptors (Lipinski definition) is 6. The number of unbranched alkanes of at least 4 members (excludes halogenated alkanes) is 13. The van der Waals surface area contributed by atoms with Gasteiger partial charge in [0.05, 0.1) is 0 Å². The molecule has 0 aliphatic rings. The molecule has 0 aromatic heterocycles. The normalized spacial score (nSPS) is 11.8. The number of nitrogens with one attached hydrogen (secondary N) is 2. The van der Waals surface area contributed by atoms with Gasteiger partial charge in [0.2, 0.25) is 0 Å². The Morgan fingerprint density at radius 1 is 0.556 bits per heavy atom. The zero-order chi connectivity index (χ0) is 26.7. The summed E-state index contributed by atoms with van der Waals surface area (Å²) in [6.07, 6.45) is 20.6. The summed E-state index contributed by atoms with van der Waals surface area (Å²) >= 11 is 0. The predicted molar refractivity (Wildman–Crippen MR) is 155 cm³/mol. The van der Waals surface area contributed by atoms with Crippen molar-refractivity contribution in [2.75, 3.05) is 32.7 Å². The molecular formula is C30H62N4O2. The minimum absolute atomic E-state index is 0.0653. The molecule has 0 aliphatic carbocycles. The van der Waals surface area contributed by atoms with Crippen molar-refractivity contribution in [3.05, 3.63) is 0 Å². The highest BCUT2D eigenvalue weighted by atomic mass is 16.2. The second-order valence-electron chi connectivity index (χ2n) is 10.6. The van der Waals surface area contributed by atoms with E-state index in [2.05, 4.69) is 24.5 Å². The number of carbonyl (C=O) groups is 2. The van der Waals surface area contributed by atoms with Crippen molar-refractivity contribution in [1.29, 1.82) is 0 Å². The maximum atomic E-state index is 13.5. The van der Waals surface area contributed by atoms with Gasteiger partial charge in [0, 0.05) is 12.8 Å². The molecule has 0 atom stereocenters. The second-order valence-corrected chi connectivity index (χ2v) is 10.6. The lowest BCUT2D eigenvalue weighted by Gasteiger charge is -2.32. The third-order valence-corrected chi connectivity index (χ3v) is 7.25. The van der Waals surface area contributed by atoms with Crippen LogP contribution < -0.4 is 22.1 Å². The fraction of sp³-hybridized carbons (Fsp3) is 0.933. The van der Waals surface area contributed by atoms with E-state index in [0.717, 1.165) is 58.0 Å². The third kappa shape index (κ3) is 17.6. The van der Waals surface area contributed by atoms with E-state index < -0.39 is 5.54 Å². The van der Waals surface area contributed by atoms with Crippen LogP contribution in [0.15, 0.2) is 0 Å². The minimum Gasteiger partial charge on any atom is -0.330 e. The van der Waals surface area contributed by atoms with Crippen LogP contribution in [0.5, 0.6) is 0 Å². The number of Topliss-reactive ketones (excluding diaryl/α,β-unsaturated/α-hetero) is 2. The van der Waals surface area contributed by atoms with Crippen LogP contribution in [0.3, 0.4) is 0 Å². The Morgan fingerprint density at radius 2 is 1.00 bits per heavy atom. The highest BCUT2D eigenvalue weighted by Crippen LogP contribution is 2.22. The predicted octanol–water partition coefficient (Wildman–Crippen LogP) is 5.80. The smallest absolute Gasteiger partial charge is 0.160 e. The zero-order valence-corrected chi connectivity index (χ0v) is 24.1. The molecule has 0 unspecified atom stereocenters. The van der Waals surface area contributed by atoms with Crippen molar-refractivity contribution >= 4 is 11.6 Å². The molecule has 0 heterocycles. The van der Waals surface area contributed by atoms with E-state index in [0.29, 0.717) is 38.9 Å². The molecule has 0 amide bonds. The number of rotatable bonds is 29. The van der Waals surface area contributed by atoms with E-state index in [4.69, 9.17) is 11.5 Å². The number of ketones is 2. The van der Waals surface area contributed by atoms with E-state index in [9.17, 15) is 9.59 Å². The van der Waals surface area contributed by atoms with Gasteiger partial charge < -0.3 is 16.8 Å². The molecule has 0 aliphatic heterocycles. The molecule has 0 spiro atoms. The summed E-state index contributed by atoms with van der Waals surface area (Å²) in [5.74, 6) is 0.131. The SMILES string of the molecule is CCCCCCCCCC(=O)C(CCN)(NCCCCNCCCN)C(=O)CCCCCCCCC. The maximum Gasteiger partial charge on any atom is 0.160 e. The molecule has 0 bridgehead atoms. The van der Waals surface area contributed by atoms with Gasteiger partial charge in [0.25, 0.3) is 0 Å². The fourth-order valence-corrected chi connectivity index (χ4v) is 4.88. The van der Waals surface area contributed by atoms with Crippen LogP contribution in [0.4, 0.5) is 0 Å². The molecule has 0 saturated carbocycles. The van der Waals surface area contributed by atoms with Gasteiger partial charge in [-0.25, -0.2) is 0 Å². The average molecular weight is 511 g/mol.